The number of anilines is 1. The molecule has 3 N–H and O–H groups in total. The molecule has 0 aliphatic rings. The number of carbonyl (C=O) groups excluding carboxylic acids is 2. The van der Waals surface area contributed by atoms with Gasteiger partial charge in [0.15, 0.2) is 5.82 Å². The lowest BCUT2D eigenvalue weighted by Crippen LogP contribution is -2.30. The van der Waals surface area contributed by atoms with Gasteiger partial charge in [-0.2, -0.15) is 0 Å². The first-order valence-electron chi connectivity index (χ1n) is 14.1. The first kappa shape index (κ1) is 32.6. The van der Waals surface area contributed by atoms with Crippen molar-refractivity contribution in [3.8, 4) is 16.8 Å². The Morgan fingerprint density at radius 2 is 1.84 bits per heavy atom. The molecule has 0 aliphatic heterocycles. The Hall–Kier alpha value is -4.35. The maximum atomic E-state index is 15.0. The van der Waals surface area contributed by atoms with Crippen molar-refractivity contribution >= 4 is 29.1 Å². The third kappa shape index (κ3) is 7.59. The van der Waals surface area contributed by atoms with Crippen molar-refractivity contribution in [1.82, 2.24) is 25.2 Å². The minimum absolute atomic E-state index is 0.0493. The second-order valence-electron chi connectivity index (χ2n) is 10.4. The number of halogens is 3. The van der Waals surface area contributed by atoms with Crippen molar-refractivity contribution in [2.75, 3.05) is 26.2 Å². The Kier molecular flexibility index (Phi) is 11.0. The highest BCUT2D eigenvalue weighted by atomic mass is 35.5. The Balaban J connectivity index is 1.62. The summed E-state index contributed by atoms with van der Waals surface area (Å²) in [6.07, 6.45) is 4.06. The Morgan fingerprint density at radius 3 is 2.55 bits per heavy atom. The van der Waals surface area contributed by atoms with E-state index in [9.17, 15) is 14.0 Å². The number of hydrogen-bond donors (Lipinski definition) is 3. The number of methoxy groups -OCH3 is 1. The second kappa shape index (κ2) is 14.9. The molecule has 0 radical (unpaired) electrons. The maximum Gasteiger partial charge on any atom is 0.272 e. The SMILES string of the molecule is CNC(=O)[C@@H](C)CCCC(NC(=O)c1ncn(-c2cccc(Cl)c2F)c1C)c1cc(-c2ccc(NCOC)cc2)c(F)cn1. The summed E-state index contributed by atoms with van der Waals surface area (Å²) in [7, 11) is 3.17. The number of hydrogen-bond acceptors (Lipinski definition) is 6. The molecule has 0 spiro atoms. The number of ether oxygens (including phenoxy) is 1. The van der Waals surface area contributed by atoms with Gasteiger partial charge in [0.05, 0.1) is 34.3 Å². The van der Waals surface area contributed by atoms with Crippen LogP contribution in [0.15, 0.2) is 61.1 Å². The number of nitrogens with one attached hydrogen (secondary N) is 3. The molecule has 2 aromatic carbocycles. The van der Waals surface area contributed by atoms with Gasteiger partial charge >= 0.3 is 0 Å². The molecule has 232 valence electrons. The van der Waals surface area contributed by atoms with E-state index in [1.54, 1.807) is 45.3 Å². The van der Waals surface area contributed by atoms with Gasteiger partial charge < -0.3 is 20.7 Å². The molecular weight excluding hydrogens is 590 g/mol. The van der Waals surface area contributed by atoms with E-state index >= 15 is 4.39 Å². The number of imidazole rings is 1. The van der Waals surface area contributed by atoms with Crippen LogP contribution in [0.4, 0.5) is 14.5 Å². The molecule has 2 aromatic heterocycles. The zero-order valence-electron chi connectivity index (χ0n) is 25.0. The molecule has 1 unspecified atom stereocenters. The molecule has 4 rings (SSSR count). The van der Waals surface area contributed by atoms with Crippen LogP contribution >= 0.6 is 11.6 Å². The van der Waals surface area contributed by atoms with E-state index in [0.29, 0.717) is 48.5 Å². The van der Waals surface area contributed by atoms with E-state index in [1.807, 2.05) is 19.1 Å². The van der Waals surface area contributed by atoms with Gasteiger partial charge in [0, 0.05) is 31.3 Å². The van der Waals surface area contributed by atoms with Gasteiger partial charge in [-0.05, 0) is 55.7 Å². The third-order valence-corrected chi connectivity index (χ3v) is 7.68. The molecule has 4 aromatic rings. The quantitative estimate of drug-likeness (QED) is 0.153. The minimum atomic E-state index is -0.631. The van der Waals surface area contributed by atoms with Crippen LogP contribution in [0.2, 0.25) is 5.02 Å². The van der Waals surface area contributed by atoms with E-state index in [4.69, 9.17) is 16.3 Å². The predicted octanol–water partition coefficient (Wildman–Crippen LogP) is 6.21. The molecule has 0 fully saturated rings. The van der Waals surface area contributed by atoms with Crippen molar-refractivity contribution in [3.05, 3.63) is 94.8 Å². The molecule has 9 nitrogen and oxygen atoms in total. The van der Waals surface area contributed by atoms with Crippen molar-refractivity contribution in [2.45, 2.75) is 39.2 Å². The van der Waals surface area contributed by atoms with Gasteiger partial charge in [0.2, 0.25) is 5.91 Å². The van der Waals surface area contributed by atoms with Crippen LogP contribution in [-0.4, -0.2) is 47.2 Å². The van der Waals surface area contributed by atoms with Crippen LogP contribution < -0.4 is 16.0 Å². The Morgan fingerprint density at radius 1 is 1.09 bits per heavy atom. The first-order chi connectivity index (χ1) is 21.1. The van der Waals surface area contributed by atoms with Crippen molar-refractivity contribution in [1.29, 1.82) is 0 Å². The lowest BCUT2D eigenvalue weighted by atomic mass is 9.97. The fourth-order valence-corrected chi connectivity index (χ4v) is 5.04. The number of benzene rings is 2. The number of carbonyl (C=O) groups is 2. The lowest BCUT2D eigenvalue weighted by Gasteiger charge is -2.20. The lowest BCUT2D eigenvalue weighted by molar-refractivity contribution is -0.124. The van der Waals surface area contributed by atoms with E-state index in [0.717, 1.165) is 11.9 Å². The van der Waals surface area contributed by atoms with E-state index < -0.39 is 23.6 Å². The molecule has 0 bridgehead atoms. The summed E-state index contributed by atoms with van der Waals surface area (Å²) in [4.78, 5) is 34.2. The standard InChI is InChI=1S/C32H35ClF2N6O3/c1-19(31(42)36-3)7-5-9-26(27-15-23(25(34)16-37-27)21-11-13-22(14-12-21)39-18-44-4)40-32(43)30-20(2)41(17-38-30)28-10-6-8-24(33)29(28)35/h6,8,10-17,19,26,39H,5,7,9,18H2,1-4H3,(H,36,42)(H,40,43)/t19-,26?/m0/s1. The smallest absolute Gasteiger partial charge is 0.272 e. The van der Waals surface area contributed by atoms with Gasteiger partial charge in [0.1, 0.15) is 24.6 Å². The molecule has 2 heterocycles. The van der Waals surface area contributed by atoms with Gasteiger partial charge in [-0.25, -0.2) is 13.8 Å². The number of nitrogens with zero attached hydrogens (tertiary/aromatic N) is 3. The van der Waals surface area contributed by atoms with Crippen molar-refractivity contribution in [2.24, 2.45) is 5.92 Å². The summed E-state index contributed by atoms with van der Waals surface area (Å²) < 4.78 is 36.2. The third-order valence-electron chi connectivity index (χ3n) is 7.39. The second-order valence-corrected chi connectivity index (χ2v) is 10.8. The van der Waals surface area contributed by atoms with Crippen LogP contribution in [0, 0.1) is 24.5 Å². The van der Waals surface area contributed by atoms with Crippen LogP contribution in [-0.2, 0) is 9.53 Å². The van der Waals surface area contributed by atoms with E-state index in [-0.39, 0.29) is 28.2 Å². The summed E-state index contributed by atoms with van der Waals surface area (Å²) in [6.45, 7) is 3.82. The fraction of sp³-hybridized carbons (Fsp3) is 0.312. The Bertz CT molecular complexity index is 1610. The average molecular weight is 625 g/mol. The highest BCUT2D eigenvalue weighted by molar-refractivity contribution is 6.30. The first-order valence-corrected chi connectivity index (χ1v) is 14.5. The molecule has 0 aliphatic carbocycles. The summed E-state index contributed by atoms with van der Waals surface area (Å²) in [6, 6.07) is 12.8. The number of aromatic nitrogens is 3. The van der Waals surface area contributed by atoms with Crippen molar-refractivity contribution < 1.29 is 23.1 Å². The van der Waals surface area contributed by atoms with Gasteiger partial charge in [-0.1, -0.05) is 43.1 Å². The maximum absolute atomic E-state index is 15.0. The topological polar surface area (TPSA) is 110 Å². The molecule has 0 saturated heterocycles. The highest BCUT2D eigenvalue weighted by Crippen LogP contribution is 2.29. The monoisotopic (exact) mass is 624 g/mol. The summed E-state index contributed by atoms with van der Waals surface area (Å²) in [5, 5.41) is 8.66. The van der Waals surface area contributed by atoms with E-state index in [1.165, 1.54) is 23.0 Å². The molecular formula is C32H35ClF2N6O3. The van der Waals surface area contributed by atoms with Crippen LogP contribution in [0.3, 0.4) is 0 Å². The summed E-state index contributed by atoms with van der Waals surface area (Å²) >= 11 is 5.96. The zero-order chi connectivity index (χ0) is 31.8. The molecule has 2 amide bonds. The summed E-state index contributed by atoms with van der Waals surface area (Å²) in [5.41, 5.74) is 2.87. The van der Waals surface area contributed by atoms with Gasteiger partial charge in [-0.3, -0.25) is 19.1 Å². The fourth-order valence-electron chi connectivity index (χ4n) is 4.87. The minimum Gasteiger partial charge on any atom is -0.365 e. The van der Waals surface area contributed by atoms with E-state index in [2.05, 4.69) is 25.9 Å². The van der Waals surface area contributed by atoms with Crippen LogP contribution in [0.1, 0.15) is 54.1 Å². The molecule has 44 heavy (non-hydrogen) atoms. The largest absolute Gasteiger partial charge is 0.365 e. The number of pyridine rings is 1. The summed E-state index contributed by atoms with van der Waals surface area (Å²) in [5.74, 6) is -1.96. The highest BCUT2D eigenvalue weighted by Gasteiger charge is 2.24. The molecule has 12 heteroatoms. The Labute approximate surface area is 260 Å². The zero-order valence-corrected chi connectivity index (χ0v) is 25.7. The average Bonchev–Trinajstić information content (AvgIpc) is 3.41. The van der Waals surface area contributed by atoms with Crippen molar-refractivity contribution in [3.63, 3.8) is 0 Å². The molecule has 2 atom stereocenters. The molecule has 0 saturated carbocycles. The number of amides is 2. The van der Waals surface area contributed by atoms with Crippen LogP contribution in [0.5, 0.6) is 0 Å². The predicted molar refractivity (Wildman–Crippen MR) is 166 cm³/mol. The van der Waals surface area contributed by atoms with Crippen LogP contribution in [0.25, 0.3) is 16.8 Å². The van der Waals surface area contributed by atoms with Gasteiger partial charge in [0.25, 0.3) is 5.91 Å². The normalized spacial score (nSPS) is 12.4. The number of rotatable bonds is 13. The van der Waals surface area contributed by atoms with Gasteiger partial charge in [-0.15, -0.1) is 0 Å².